The lowest BCUT2D eigenvalue weighted by Gasteiger charge is -2.16. The number of nitrogens with zero attached hydrogens (tertiary/aromatic N) is 1. The van der Waals surface area contributed by atoms with Gasteiger partial charge in [0.05, 0.1) is 16.1 Å². The van der Waals surface area contributed by atoms with Crippen LogP contribution in [-0.4, -0.2) is 10.9 Å². The van der Waals surface area contributed by atoms with Crippen molar-refractivity contribution >= 4 is 22.6 Å². The highest BCUT2D eigenvalue weighted by Crippen LogP contribution is 2.32. The second-order valence-electron chi connectivity index (χ2n) is 7.43. The Kier molecular flexibility index (Phi) is 6.43. The molecule has 0 saturated heterocycles. The summed E-state index contributed by atoms with van der Waals surface area (Å²) in [5, 5.41) is 12.3. The van der Waals surface area contributed by atoms with Gasteiger partial charge in [-0.3, -0.25) is 10.1 Å². The number of rotatable bonds is 6. The lowest BCUT2D eigenvalue weighted by atomic mass is 10.0. The number of nitro groups is 1. The molecule has 0 aliphatic heterocycles. The molecule has 12 heteroatoms. The van der Waals surface area contributed by atoms with Gasteiger partial charge in [0.1, 0.15) is 17.4 Å². The van der Waals surface area contributed by atoms with Gasteiger partial charge in [0.25, 0.3) is 5.69 Å². The quantitative estimate of drug-likeness (QED) is 0.0639. The van der Waals surface area contributed by atoms with Gasteiger partial charge >= 0.3 is 11.6 Å². The van der Waals surface area contributed by atoms with E-state index in [1.54, 1.807) is 18.2 Å². The van der Waals surface area contributed by atoms with Crippen LogP contribution in [0, 0.1) is 33.4 Å². The van der Waals surface area contributed by atoms with Crippen LogP contribution in [0.4, 0.5) is 23.2 Å². The Morgan fingerprint density at radius 2 is 1.64 bits per heavy atom. The van der Waals surface area contributed by atoms with E-state index >= 15 is 0 Å². The second-order valence-corrected chi connectivity index (χ2v) is 7.43. The van der Waals surface area contributed by atoms with E-state index in [9.17, 15) is 37.3 Å². The standard InChI is InChI=1S/C24H13F4NO7/c1-11(34-14-5-2-12-4-7-20(30)35-19(12)9-14)15-6-3-13(8-18(15)29(32)33)24(31)36-23-21(27)16(25)10-17(26)22(23)28/h2-11H,1H3. The van der Waals surface area contributed by atoms with Crippen LogP contribution in [0.5, 0.6) is 11.5 Å². The smallest absolute Gasteiger partial charge is 0.343 e. The lowest BCUT2D eigenvalue weighted by Crippen LogP contribution is -2.14. The molecule has 0 bridgehead atoms. The molecule has 0 saturated carbocycles. The van der Waals surface area contributed by atoms with Crippen LogP contribution < -0.4 is 15.1 Å². The predicted octanol–water partition coefficient (Wildman–Crippen LogP) is 5.62. The molecule has 1 aromatic heterocycles. The van der Waals surface area contributed by atoms with E-state index in [1.807, 2.05) is 0 Å². The van der Waals surface area contributed by atoms with Crippen LogP contribution in [0.2, 0.25) is 0 Å². The minimum atomic E-state index is -1.94. The minimum absolute atomic E-state index is 0.0142. The fraction of sp³-hybridized carbons (Fsp3) is 0.0833. The molecule has 4 rings (SSSR count). The van der Waals surface area contributed by atoms with Gasteiger partial charge < -0.3 is 13.9 Å². The maximum atomic E-state index is 13.8. The number of benzene rings is 3. The maximum absolute atomic E-state index is 13.8. The van der Waals surface area contributed by atoms with Gasteiger partial charge in [0, 0.05) is 29.7 Å². The third kappa shape index (κ3) is 4.73. The van der Waals surface area contributed by atoms with Crippen molar-refractivity contribution in [3.05, 3.63) is 110 Å². The highest BCUT2D eigenvalue weighted by Gasteiger charge is 2.27. The molecule has 0 radical (unpaired) electrons. The first-order valence-electron chi connectivity index (χ1n) is 10.1. The molecule has 1 heterocycles. The SMILES string of the molecule is CC(Oc1ccc2ccc(=O)oc2c1)c1ccc(C(=O)Oc2c(F)c(F)cc(F)c2F)cc1[N+](=O)[O-]. The van der Waals surface area contributed by atoms with E-state index in [0.717, 1.165) is 18.2 Å². The van der Waals surface area contributed by atoms with Crippen molar-refractivity contribution in [3.63, 3.8) is 0 Å². The zero-order valence-corrected chi connectivity index (χ0v) is 18.1. The first-order valence-corrected chi connectivity index (χ1v) is 10.1. The molecule has 0 spiro atoms. The Hall–Kier alpha value is -4.74. The third-order valence-corrected chi connectivity index (χ3v) is 5.07. The van der Waals surface area contributed by atoms with Crippen molar-refractivity contribution in [3.8, 4) is 11.5 Å². The highest BCUT2D eigenvalue weighted by molar-refractivity contribution is 5.92. The van der Waals surface area contributed by atoms with Crippen LogP contribution in [0.3, 0.4) is 0 Å². The van der Waals surface area contributed by atoms with Crippen LogP contribution in [0.25, 0.3) is 11.0 Å². The average molecular weight is 503 g/mol. The van der Waals surface area contributed by atoms with Crippen LogP contribution in [0.15, 0.2) is 63.8 Å². The van der Waals surface area contributed by atoms with E-state index in [-0.39, 0.29) is 23.0 Å². The molecule has 1 atom stereocenters. The molecule has 3 aromatic carbocycles. The molecule has 0 aliphatic carbocycles. The summed E-state index contributed by atoms with van der Waals surface area (Å²) in [4.78, 5) is 34.6. The number of carbonyl (C=O) groups is 1. The first kappa shape index (κ1) is 24.4. The summed E-state index contributed by atoms with van der Waals surface area (Å²) >= 11 is 0. The van der Waals surface area contributed by atoms with Gasteiger partial charge in [-0.2, -0.15) is 8.78 Å². The van der Waals surface area contributed by atoms with E-state index in [1.165, 1.54) is 19.1 Å². The summed E-state index contributed by atoms with van der Waals surface area (Å²) in [6.45, 7) is 1.48. The number of ether oxygens (including phenoxy) is 2. The molecular formula is C24H13F4NO7. The van der Waals surface area contributed by atoms with Crippen molar-refractivity contribution in [1.82, 2.24) is 0 Å². The van der Waals surface area contributed by atoms with Gasteiger partial charge in [-0.15, -0.1) is 0 Å². The minimum Gasteiger partial charge on any atom is -0.486 e. The zero-order chi connectivity index (χ0) is 26.1. The number of fused-ring (bicyclic) bond motifs is 1. The van der Waals surface area contributed by atoms with Crippen LogP contribution in [0.1, 0.15) is 28.9 Å². The molecule has 4 aromatic rings. The summed E-state index contributed by atoms with van der Waals surface area (Å²) in [6.07, 6.45) is -0.949. The Labute approximate surface area is 198 Å². The van der Waals surface area contributed by atoms with Gasteiger partial charge in [0.2, 0.25) is 17.4 Å². The predicted molar refractivity (Wildman–Crippen MR) is 116 cm³/mol. The van der Waals surface area contributed by atoms with Gasteiger partial charge in [-0.05, 0) is 37.3 Å². The van der Waals surface area contributed by atoms with E-state index in [4.69, 9.17) is 9.15 Å². The molecule has 0 fully saturated rings. The number of halogens is 4. The Morgan fingerprint density at radius 1 is 0.972 bits per heavy atom. The largest absolute Gasteiger partial charge is 0.486 e. The molecule has 0 N–H and O–H groups in total. The normalized spacial score (nSPS) is 11.8. The second kappa shape index (κ2) is 9.49. The molecule has 36 heavy (non-hydrogen) atoms. The van der Waals surface area contributed by atoms with Crippen molar-refractivity contribution in [2.24, 2.45) is 0 Å². The number of hydrogen-bond donors (Lipinski definition) is 0. The number of nitro benzene ring substituents is 1. The molecule has 0 aliphatic rings. The molecule has 184 valence electrons. The maximum Gasteiger partial charge on any atom is 0.343 e. The highest BCUT2D eigenvalue weighted by atomic mass is 19.2. The number of hydrogen-bond acceptors (Lipinski definition) is 7. The van der Waals surface area contributed by atoms with Crippen molar-refractivity contribution in [1.29, 1.82) is 0 Å². The third-order valence-electron chi connectivity index (χ3n) is 5.07. The Morgan fingerprint density at radius 3 is 2.31 bits per heavy atom. The lowest BCUT2D eigenvalue weighted by molar-refractivity contribution is -0.386. The molecule has 8 nitrogen and oxygen atoms in total. The number of carbonyl (C=O) groups excluding carboxylic acids is 1. The van der Waals surface area contributed by atoms with Crippen molar-refractivity contribution in [2.75, 3.05) is 0 Å². The summed E-state index contributed by atoms with van der Waals surface area (Å²) in [7, 11) is 0. The molecule has 0 amide bonds. The van der Waals surface area contributed by atoms with E-state index < -0.39 is 62.9 Å². The van der Waals surface area contributed by atoms with Gasteiger partial charge in [-0.1, -0.05) is 0 Å². The fourth-order valence-electron chi connectivity index (χ4n) is 3.35. The van der Waals surface area contributed by atoms with E-state index in [0.29, 0.717) is 5.39 Å². The zero-order valence-electron chi connectivity index (χ0n) is 18.1. The summed E-state index contributed by atoms with van der Waals surface area (Å²) in [5.74, 6) is -10.4. The summed E-state index contributed by atoms with van der Waals surface area (Å²) < 4.78 is 69.6. The van der Waals surface area contributed by atoms with Gasteiger partial charge in [-0.25, -0.2) is 18.4 Å². The average Bonchev–Trinajstić information content (AvgIpc) is 2.84. The Bertz CT molecular complexity index is 1560. The molecule has 1 unspecified atom stereocenters. The fourth-order valence-corrected chi connectivity index (χ4v) is 3.35. The van der Waals surface area contributed by atoms with Crippen molar-refractivity contribution in [2.45, 2.75) is 13.0 Å². The van der Waals surface area contributed by atoms with Crippen LogP contribution in [-0.2, 0) is 0 Å². The molecular weight excluding hydrogens is 490 g/mol. The summed E-state index contributed by atoms with van der Waals surface area (Å²) in [6, 6.07) is 10.3. The first-order chi connectivity index (χ1) is 17.0. The van der Waals surface area contributed by atoms with Gasteiger partial charge in [0.15, 0.2) is 11.6 Å². The van der Waals surface area contributed by atoms with E-state index in [2.05, 4.69) is 4.74 Å². The Balaban J connectivity index is 1.62. The number of esters is 1. The monoisotopic (exact) mass is 503 g/mol. The topological polar surface area (TPSA) is 109 Å². The summed E-state index contributed by atoms with van der Waals surface area (Å²) in [5.41, 5.74) is -1.45. The van der Waals surface area contributed by atoms with Crippen molar-refractivity contribution < 1.29 is 41.2 Å². The van der Waals surface area contributed by atoms with Crippen LogP contribution >= 0.6 is 0 Å².